The molecule has 0 bridgehead atoms. The predicted molar refractivity (Wildman–Crippen MR) is 117 cm³/mol. The molecule has 3 rings (SSSR count). The molecule has 0 radical (unpaired) electrons. The van der Waals surface area contributed by atoms with Crippen molar-refractivity contribution >= 4 is 5.91 Å². The van der Waals surface area contributed by atoms with Gasteiger partial charge in [-0.25, -0.2) is 0 Å². The van der Waals surface area contributed by atoms with E-state index in [2.05, 4.69) is 32.2 Å². The highest BCUT2D eigenvalue weighted by atomic mass is 16.5. The first-order valence-electron chi connectivity index (χ1n) is 10.7. The lowest BCUT2D eigenvalue weighted by Crippen LogP contribution is -2.47. The van der Waals surface area contributed by atoms with E-state index in [9.17, 15) is 4.79 Å². The van der Waals surface area contributed by atoms with Crippen LogP contribution in [-0.4, -0.2) is 17.6 Å². The van der Waals surface area contributed by atoms with Gasteiger partial charge in [-0.3, -0.25) is 4.79 Å². The summed E-state index contributed by atoms with van der Waals surface area (Å²) in [5.41, 5.74) is 3.03. The van der Waals surface area contributed by atoms with Crippen LogP contribution in [0.5, 0.6) is 11.5 Å². The van der Waals surface area contributed by atoms with Crippen LogP contribution in [0.15, 0.2) is 42.5 Å². The number of ether oxygens (including phenoxy) is 2. The van der Waals surface area contributed by atoms with Crippen molar-refractivity contribution in [2.24, 2.45) is 0 Å². The average molecular weight is 396 g/mol. The maximum absolute atomic E-state index is 13.2. The molecule has 2 atom stereocenters. The molecule has 0 saturated heterocycles. The van der Waals surface area contributed by atoms with Crippen LogP contribution in [0.4, 0.5) is 0 Å². The van der Waals surface area contributed by atoms with Crippen molar-refractivity contribution in [3.05, 3.63) is 59.2 Å². The molecule has 1 N–H and O–H groups in total. The van der Waals surface area contributed by atoms with E-state index in [-0.39, 0.29) is 17.6 Å². The molecule has 4 heteroatoms. The van der Waals surface area contributed by atoms with Gasteiger partial charge in [0.1, 0.15) is 17.1 Å². The number of nitrogens with one attached hydrogen (secondary N) is 1. The number of amides is 1. The highest BCUT2D eigenvalue weighted by molar-refractivity contribution is 5.81. The number of aryl methyl sites for hydroxylation is 1. The van der Waals surface area contributed by atoms with Gasteiger partial charge in [0.25, 0.3) is 5.91 Å². The van der Waals surface area contributed by atoms with E-state index in [0.29, 0.717) is 6.42 Å². The normalized spacial score (nSPS) is 18.3. The van der Waals surface area contributed by atoms with Crippen LogP contribution < -0.4 is 14.8 Å². The van der Waals surface area contributed by atoms with Crippen LogP contribution in [0.2, 0.25) is 0 Å². The van der Waals surface area contributed by atoms with Gasteiger partial charge in [-0.2, -0.15) is 0 Å². The van der Waals surface area contributed by atoms with Gasteiger partial charge in [0, 0.05) is 12.0 Å². The zero-order valence-corrected chi connectivity index (χ0v) is 18.2. The van der Waals surface area contributed by atoms with E-state index >= 15 is 0 Å². The molecule has 0 aromatic heterocycles. The standard InChI is InChI=1S/C25H33NO3/c1-6-21(28-22-15-11-12-17(4)18(22)5)24(27)26-20-16-25(7-2,8-3)29-23-14-10-9-13-19(20)23/h9-15,20-21H,6-8,16H2,1-5H3,(H,26,27)/t20-,21+/m0/s1. The zero-order chi connectivity index (χ0) is 21.0. The van der Waals surface area contributed by atoms with E-state index in [1.807, 2.05) is 50.2 Å². The molecule has 1 heterocycles. The summed E-state index contributed by atoms with van der Waals surface area (Å²) in [4.78, 5) is 13.2. The number of rotatable bonds is 7. The fourth-order valence-corrected chi connectivity index (χ4v) is 4.02. The van der Waals surface area contributed by atoms with Gasteiger partial charge in [0.15, 0.2) is 6.10 Å². The minimum atomic E-state index is -0.525. The second-order valence-electron chi connectivity index (χ2n) is 8.01. The Kier molecular flexibility index (Phi) is 6.51. The lowest BCUT2D eigenvalue weighted by atomic mass is 9.83. The molecule has 2 aromatic carbocycles. The summed E-state index contributed by atoms with van der Waals surface area (Å²) in [5.74, 6) is 1.57. The first kappa shape index (κ1) is 21.2. The Morgan fingerprint density at radius 1 is 1.14 bits per heavy atom. The molecule has 0 spiro atoms. The second-order valence-corrected chi connectivity index (χ2v) is 8.01. The lowest BCUT2D eigenvalue weighted by Gasteiger charge is -2.42. The van der Waals surface area contributed by atoms with Gasteiger partial charge >= 0.3 is 0 Å². The quantitative estimate of drug-likeness (QED) is 0.658. The monoisotopic (exact) mass is 395 g/mol. The lowest BCUT2D eigenvalue weighted by molar-refractivity contribution is -0.129. The largest absolute Gasteiger partial charge is 0.487 e. The number of carbonyl (C=O) groups is 1. The SMILES string of the molecule is CC[C@@H](Oc1cccc(C)c1C)C(=O)N[C@H]1CC(CC)(CC)Oc2ccccc21. The Labute approximate surface area is 174 Å². The summed E-state index contributed by atoms with van der Waals surface area (Å²) in [6.45, 7) is 10.4. The van der Waals surface area contributed by atoms with E-state index in [0.717, 1.165) is 47.5 Å². The third-order valence-corrected chi connectivity index (χ3v) is 6.29. The maximum Gasteiger partial charge on any atom is 0.261 e. The van der Waals surface area contributed by atoms with Gasteiger partial charge in [0.05, 0.1) is 6.04 Å². The average Bonchev–Trinajstić information content (AvgIpc) is 2.74. The molecule has 2 aromatic rings. The molecule has 0 fully saturated rings. The summed E-state index contributed by atoms with van der Waals surface area (Å²) in [6.07, 6.45) is 2.66. The number of carbonyl (C=O) groups excluding carboxylic acids is 1. The molecule has 0 saturated carbocycles. The van der Waals surface area contributed by atoms with Crippen molar-refractivity contribution in [1.82, 2.24) is 5.32 Å². The molecule has 1 aliphatic heterocycles. The zero-order valence-electron chi connectivity index (χ0n) is 18.2. The van der Waals surface area contributed by atoms with Crippen molar-refractivity contribution in [3.8, 4) is 11.5 Å². The van der Waals surface area contributed by atoms with Crippen LogP contribution in [0.1, 0.15) is 69.2 Å². The van der Waals surface area contributed by atoms with Gasteiger partial charge in [-0.1, -0.05) is 51.1 Å². The topological polar surface area (TPSA) is 47.6 Å². The van der Waals surface area contributed by atoms with Crippen molar-refractivity contribution in [2.75, 3.05) is 0 Å². The minimum Gasteiger partial charge on any atom is -0.487 e. The van der Waals surface area contributed by atoms with Crippen LogP contribution in [0.3, 0.4) is 0 Å². The molecule has 1 aliphatic rings. The summed E-state index contributed by atoms with van der Waals surface area (Å²) >= 11 is 0. The van der Waals surface area contributed by atoms with E-state index in [4.69, 9.17) is 9.47 Å². The van der Waals surface area contributed by atoms with Gasteiger partial charge < -0.3 is 14.8 Å². The number of hydrogen-bond donors (Lipinski definition) is 1. The predicted octanol–water partition coefficient (Wildman–Crippen LogP) is 5.66. The molecule has 29 heavy (non-hydrogen) atoms. The Morgan fingerprint density at radius 3 is 2.55 bits per heavy atom. The number of para-hydroxylation sites is 1. The molecular formula is C25H33NO3. The van der Waals surface area contributed by atoms with Crippen molar-refractivity contribution in [1.29, 1.82) is 0 Å². The summed E-state index contributed by atoms with van der Waals surface area (Å²) in [6, 6.07) is 13.9. The number of benzene rings is 2. The highest BCUT2D eigenvalue weighted by Crippen LogP contribution is 2.42. The van der Waals surface area contributed by atoms with Gasteiger partial charge in [-0.15, -0.1) is 0 Å². The molecular weight excluding hydrogens is 362 g/mol. The Morgan fingerprint density at radius 2 is 1.86 bits per heavy atom. The van der Waals surface area contributed by atoms with Crippen LogP contribution in [0.25, 0.3) is 0 Å². The third-order valence-electron chi connectivity index (χ3n) is 6.29. The van der Waals surface area contributed by atoms with Crippen molar-refractivity contribution in [2.45, 2.75) is 78.0 Å². The van der Waals surface area contributed by atoms with E-state index in [1.54, 1.807) is 0 Å². The fraction of sp³-hybridized carbons (Fsp3) is 0.480. The van der Waals surface area contributed by atoms with Crippen molar-refractivity contribution < 1.29 is 14.3 Å². The maximum atomic E-state index is 13.2. The minimum absolute atomic E-state index is 0.0729. The summed E-state index contributed by atoms with van der Waals surface area (Å²) in [7, 11) is 0. The first-order chi connectivity index (χ1) is 13.9. The number of fused-ring (bicyclic) bond motifs is 1. The van der Waals surface area contributed by atoms with Crippen LogP contribution in [-0.2, 0) is 4.79 Å². The molecule has 0 aliphatic carbocycles. The Balaban J connectivity index is 1.81. The highest BCUT2D eigenvalue weighted by Gasteiger charge is 2.39. The van der Waals surface area contributed by atoms with Crippen LogP contribution in [0, 0.1) is 13.8 Å². The second kappa shape index (κ2) is 8.89. The Hall–Kier alpha value is -2.49. The third kappa shape index (κ3) is 4.42. The number of hydrogen-bond acceptors (Lipinski definition) is 3. The molecule has 1 amide bonds. The van der Waals surface area contributed by atoms with E-state index in [1.165, 1.54) is 0 Å². The van der Waals surface area contributed by atoms with Gasteiger partial charge in [0.2, 0.25) is 0 Å². The summed E-state index contributed by atoms with van der Waals surface area (Å²) < 4.78 is 12.5. The van der Waals surface area contributed by atoms with Gasteiger partial charge in [-0.05, 0) is 56.4 Å². The van der Waals surface area contributed by atoms with Crippen molar-refractivity contribution in [3.63, 3.8) is 0 Å². The smallest absolute Gasteiger partial charge is 0.261 e. The molecule has 156 valence electrons. The molecule has 0 unspecified atom stereocenters. The summed E-state index contributed by atoms with van der Waals surface area (Å²) in [5, 5.41) is 3.26. The fourth-order valence-electron chi connectivity index (χ4n) is 4.02. The Bertz CT molecular complexity index is 857. The van der Waals surface area contributed by atoms with E-state index < -0.39 is 6.10 Å². The van der Waals surface area contributed by atoms with Crippen LogP contribution >= 0.6 is 0 Å². The molecule has 4 nitrogen and oxygen atoms in total. The first-order valence-corrected chi connectivity index (χ1v) is 10.7.